The zero-order valence-electron chi connectivity index (χ0n) is 5.84. The fourth-order valence-electron chi connectivity index (χ4n) is 1.41. The number of hydrogen-bond donors (Lipinski definition) is 1. The third kappa shape index (κ3) is 0.897. The van der Waals surface area contributed by atoms with Crippen LogP contribution in [0.2, 0.25) is 0 Å². The molecular weight excluding hydrogens is 126 g/mol. The lowest BCUT2D eigenvalue weighted by Crippen LogP contribution is -2.27. The van der Waals surface area contributed by atoms with Gasteiger partial charge in [-0.25, -0.2) is 0 Å². The van der Waals surface area contributed by atoms with Gasteiger partial charge >= 0.3 is 0 Å². The van der Waals surface area contributed by atoms with Crippen LogP contribution in [-0.4, -0.2) is 6.10 Å². The molecule has 0 bridgehead atoms. The van der Waals surface area contributed by atoms with Crippen molar-refractivity contribution >= 4 is 0 Å². The maximum absolute atomic E-state index is 5.37. The average molecular weight is 137 g/mol. The van der Waals surface area contributed by atoms with E-state index in [9.17, 15) is 0 Å². The lowest BCUT2D eigenvalue weighted by Gasteiger charge is -2.26. The normalized spacial score (nSPS) is 29.6. The molecule has 0 amide bonds. The van der Waals surface area contributed by atoms with Crippen molar-refractivity contribution in [2.75, 3.05) is 0 Å². The SMILES string of the molecule is C1=COC2CCCC=C2N1. The van der Waals surface area contributed by atoms with Crippen molar-refractivity contribution < 1.29 is 4.74 Å². The summed E-state index contributed by atoms with van der Waals surface area (Å²) in [4.78, 5) is 0. The summed E-state index contributed by atoms with van der Waals surface area (Å²) < 4.78 is 5.37. The Bertz CT molecular complexity index is 184. The van der Waals surface area contributed by atoms with Crippen molar-refractivity contribution in [3.8, 4) is 0 Å². The van der Waals surface area contributed by atoms with Gasteiger partial charge in [0.25, 0.3) is 0 Å². The first-order chi connectivity index (χ1) is 4.97. The molecule has 0 aromatic carbocycles. The predicted octanol–water partition coefficient (Wildman–Crippen LogP) is 1.51. The summed E-state index contributed by atoms with van der Waals surface area (Å²) >= 11 is 0. The van der Waals surface area contributed by atoms with Crippen molar-refractivity contribution in [1.29, 1.82) is 0 Å². The molecular formula is C8H11NO. The maximum Gasteiger partial charge on any atom is 0.137 e. The number of hydrogen-bond acceptors (Lipinski definition) is 2. The first kappa shape index (κ1) is 5.83. The largest absolute Gasteiger partial charge is 0.490 e. The van der Waals surface area contributed by atoms with Crippen LogP contribution in [0.3, 0.4) is 0 Å². The van der Waals surface area contributed by atoms with Gasteiger partial charge in [-0.15, -0.1) is 0 Å². The zero-order valence-corrected chi connectivity index (χ0v) is 5.84. The Morgan fingerprint density at radius 3 is 3.50 bits per heavy atom. The third-order valence-corrected chi connectivity index (χ3v) is 1.94. The van der Waals surface area contributed by atoms with E-state index < -0.39 is 0 Å². The van der Waals surface area contributed by atoms with E-state index in [0.29, 0.717) is 6.10 Å². The molecule has 1 N–H and O–H groups in total. The van der Waals surface area contributed by atoms with E-state index in [1.807, 2.05) is 6.20 Å². The highest BCUT2D eigenvalue weighted by molar-refractivity contribution is 5.14. The summed E-state index contributed by atoms with van der Waals surface area (Å²) in [5.41, 5.74) is 1.24. The fraction of sp³-hybridized carbons (Fsp3) is 0.500. The molecule has 1 aliphatic heterocycles. The number of nitrogens with one attached hydrogen (secondary N) is 1. The van der Waals surface area contributed by atoms with E-state index in [1.165, 1.54) is 18.5 Å². The van der Waals surface area contributed by atoms with Crippen LogP contribution in [-0.2, 0) is 4.74 Å². The highest BCUT2D eigenvalue weighted by Gasteiger charge is 2.18. The Morgan fingerprint density at radius 1 is 1.60 bits per heavy atom. The number of ether oxygens (including phenoxy) is 1. The van der Waals surface area contributed by atoms with Crippen molar-refractivity contribution in [3.63, 3.8) is 0 Å². The van der Waals surface area contributed by atoms with Gasteiger partial charge in [0.05, 0.1) is 12.0 Å². The Labute approximate surface area is 60.6 Å². The van der Waals surface area contributed by atoms with E-state index in [2.05, 4.69) is 11.4 Å². The molecule has 10 heavy (non-hydrogen) atoms. The van der Waals surface area contributed by atoms with Gasteiger partial charge in [0.1, 0.15) is 6.10 Å². The van der Waals surface area contributed by atoms with Crippen LogP contribution in [0.25, 0.3) is 0 Å². The van der Waals surface area contributed by atoms with Crippen LogP contribution in [0.15, 0.2) is 24.2 Å². The summed E-state index contributed by atoms with van der Waals surface area (Å²) in [6.07, 6.45) is 9.71. The van der Waals surface area contributed by atoms with E-state index in [0.717, 1.165) is 6.42 Å². The predicted molar refractivity (Wildman–Crippen MR) is 39.1 cm³/mol. The smallest absolute Gasteiger partial charge is 0.137 e. The molecule has 0 aromatic rings. The van der Waals surface area contributed by atoms with Crippen molar-refractivity contribution in [2.24, 2.45) is 0 Å². The standard InChI is InChI=1S/C8H11NO/c1-2-4-8-7(3-1)9-5-6-10-8/h3,5-6,8-9H,1-2,4H2. The van der Waals surface area contributed by atoms with E-state index in [1.54, 1.807) is 6.26 Å². The van der Waals surface area contributed by atoms with Crippen molar-refractivity contribution in [1.82, 2.24) is 5.32 Å². The lowest BCUT2D eigenvalue weighted by atomic mass is 10.0. The van der Waals surface area contributed by atoms with Gasteiger partial charge < -0.3 is 10.1 Å². The minimum Gasteiger partial charge on any atom is -0.490 e. The first-order valence-corrected chi connectivity index (χ1v) is 3.74. The van der Waals surface area contributed by atoms with Crippen LogP contribution < -0.4 is 5.32 Å². The van der Waals surface area contributed by atoms with Crippen molar-refractivity contribution in [3.05, 3.63) is 24.2 Å². The topological polar surface area (TPSA) is 21.3 Å². The lowest BCUT2D eigenvalue weighted by molar-refractivity contribution is 0.143. The van der Waals surface area contributed by atoms with Crippen LogP contribution >= 0.6 is 0 Å². The van der Waals surface area contributed by atoms with Gasteiger partial charge in [0, 0.05) is 6.20 Å². The molecule has 0 aromatic heterocycles. The molecule has 2 nitrogen and oxygen atoms in total. The Morgan fingerprint density at radius 2 is 2.60 bits per heavy atom. The van der Waals surface area contributed by atoms with Gasteiger partial charge in [-0.05, 0) is 19.3 Å². The summed E-state index contributed by atoms with van der Waals surface area (Å²) in [6, 6.07) is 0. The molecule has 2 rings (SSSR count). The number of allylic oxidation sites excluding steroid dienone is 1. The molecule has 1 heterocycles. The van der Waals surface area contributed by atoms with Gasteiger partial charge in [0.2, 0.25) is 0 Å². The highest BCUT2D eigenvalue weighted by Crippen LogP contribution is 2.21. The fourth-order valence-corrected chi connectivity index (χ4v) is 1.41. The van der Waals surface area contributed by atoms with Crippen LogP contribution in [0.1, 0.15) is 19.3 Å². The van der Waals surface area contributed by atoms with Gasteiger partial charge in [0.15, 0.2) is 0 Å². The molecule has 1 aliphatic carbocycles. The zero-order chi connectivity index (χ0) is 6.81. The Kier molecular flexibility index (Phi) is 1.38. The maximum atomic E-state index is 5.37. The second-order valence-corrected chi connectivity index (χ2v) is 2.66. The molecule has 0 spiro atoms. The molecule has 2 heteroatoms. The summed E-state index contributed by atoms with van der Waals surface area (Å²) in [5.74, 6) is 0. The van der Waals surface area contributed by atoms with Crippen molar-refractivity contribution in [2.45, 2.75) is 25.4 Å². The minimum absolute atomic E-state index is 0.318. The molecule has 1 atom stereocenters. The molecule has 54 valence electrons. The molecule has 0 saturated carbocycles. The van der Waals surface area contributed by atoms with Gasteiger partial charge in [-0.1, -0.05) is 6.08 Å². The summed E-state index contributed by atoms with van der Waals surface area (Å²) in [7, 11) is 0. The highest BCUT2D eigenvalue weighted by atomic mass is 16.5. The first-order valence-electron chi connectivity index (χ1n) is 3.74. The number of rotatable bonds is 0. The molecule has 0 radical (unpaired) electrons. The minimum atomic E-state index is 0.318. The summed E-state index contributed by atoms with van der Waals surface area (Å²) in [6.45, 7) is 0. The molecule has 1 unspecified atom stereocenters. The third-order valence-electron chi connectivity index (χ3n) is 1.94. The second-order valence-electron chi connectivity index (χ2n) is 2.66. The van der Waals surface area contributed by atoms with E-state index in [4.69, 9.17) is 4.74 Å². The Hall–Kier alpha value is -0.920. The quantitative estimate of drug-likeness (QED) is 0.546. The monoisotopic (exact) mass is 137 g/mol. The molecule has 2 aliphatic rings. The molecule has 0 fully saturated rings. The van der Waals surface area contributed by atoms with Crippen LogP contribution in [0.5, 0.6) is 0 Å². The summed E-state index contributed by atoms with van der Waals surface area (Å²) in [5, 5.41) is 3.18. The van der Waals surface area contributed by atoms with Gasteiger partial charge in [-0.2, -0.15) is 0 Å². The van der Waals surface area contributed by atoms with Crippen LogP contribution in [0.4, 0.5) is 0 Å². The van der Waals surface area contributed by atoms with E-state index in [-0.39, 0.29) is 0 Å². The second kappa shape index (κ2) is 2.37. The Balaban J connectivity index is 2.17. The van der Waals surface area contributed by atoms with E-state index >= 15 is 0 Å². The molecule has 0 saturated heterocycles. The van der Waals surface area contributed by atoms with Crippen LogP contribution in [0, 0.1) is 0 Å². The average Bonchev–Trinajstić information content (AvgIpc) is 2.05. The number of fused-ring (bicyclic) bond motifs is 1. The van der Waals surface area contributed by atoms with Gasteiger partial charge in [-0.3, -0.25) is 0 Å².